The molecule has 0 aliphatic carbocycles. The number of aromatic nitrogens is 2. The van der Waals surface area contributed by atoms with Crippen LogP contribution < -0.4 is 0 Å². The van der Waals surface area contributed by atoms with E-state index in [9.17, 15) is 9.90 Å². The maximum Gasteiger partial charge on any atom is 0.274 e. The van der Waals surface area contributed by atoms with E-state index in [2.05, 4.69) is 9.97 Å². The van der Waals surface area contributed by atoms with E-state index in [4.69, 9.17) is 16.0 Å². The van der Waals surface area contributed by atoms with Crippen LogP contribution in [0.5, 0.6) is 0 Å². The number of hydrogen-bond donors (Lipinski definition) is 1. The zero-order valence-corrected chi connectivity index (χ0v) is 14.0. The number of carbonyl (C=O) groups is 1. The lowest BCUT2D eigenvalue weighted by atomic mass is 10.0. The molecule has 0 saturated carbocycles. The molecule has 3 heterocycles. The quantitative estimate of drug-likeness (QED) is 0.916. The predicted molar refractivity (Wildman–Crippen MR) is 88.6 cm³/mol. The highest BCUT2D eigenvalue weighted by molar-refractivity contribution is 6.33. The number of hydrogen-bond acceptors (Lipinski definition) is 5. The molecule has 2 aromatic rings. The first-order chi connectivity index (χ1) is 11.7. The molecule has 1 fully saturated rings. The van der Waals surface area contributed by atoms with Crippen LogP contribution in [0.1, 0.15) is 54.5 Å². The summed E-state index contributed by atoms with van der Waals surface area (Å²) in [4.78, 5) is 22.5. The highest BCUT2D eigenvalue weighted by Gasteiger charge is 2.30. The Morgan fingerprint density at radius 1 is 1.46 bits per heavy atom. The number of aliphatic hydroxyl groups excluding tert-OH is 1. The van der Waals surface area contributed by atoms with Crippen LogP contribution >= 0.6 is 11.6 Å². The molecule has 0 aromatic carbocycles. The molecule has 0 spiro atoms. The molecule has 2 unspecified atom stereocenters. The van der Waals surface area contributed by atoms with Crippen molar-refractivity contribution in [2.75, 3.05) is 6.54 Å². The van der Waals surface area contributed by atoms with Crippen LogP contribution in [0, 0.1) is 0 Å². The third-order valence-corrected chi connectivity index (χ3v) is 4.65. The average Bonchev–Trinajstić information content (AvgIpc) is 3.03. The van der Waals surface area contributed by atoms with Crippen LogP contribution in [-0.4, -0.2) is 38.5 Å². The lowest BCUT2D eigenvalue weighted by molar-refractivity contribution is 0.0552. The zero-order chi connectivity index (χ0) is 16.9. The molecule has 2 atom stereocenters. The number of likely N-dealkylation sites (tertiary alicyclic amines) is 1. The molecular formula is C17H20ClN3O3. The maximum absolute atomic E-state index is 12.9. The van der Waals surface area contributed by atoms with E-state index in [0.29, 0.717) is 18.7 Å². The van der Waals surface area contributed by atoms with Gasteiger partial charge in [0.05, 0.1) is 11.3 Å². The van der Waals surface area contributed by atoms with Crippen LogP contribution in [0.25, 0.3) is 0 Å². The molecular weight excluding hydrogens is 330 g/mol. The van der Waals surface area contributed by atoms with Gasteiger partial charge < -0.3 is 14.4 Å². The predicted octanol–water partition coefficient (Wildman–Crippen LogP) is 3.23. The molecule has 24 heavy (non-hydrogen) atoms. The Labute approximate surface area is 145 Å². The van der Waals surface area contributed by atoms with Crippen molar-refractivity contribution in [2.24, 2.45) is 0 Å². The summed E-state index contributed by atoms with van der Waals surface area (Å²) in [5, 5.41) is 10.6. The SMILES string of the molecule is O=C(c1ncncc1Cl)N1CCCCCC1CC(O)c1ccco1. The van der Waals surface area contributed by atoms with E-state index >= 15 is 0 Å². The van der Waals surface area contributed by atoms with E-state index in [0.717, 1.165) is 25.7 Å². The molecule has 1 aliphatic heterocycles. The van der Waals surface area contributed by atoms with Crippen LogP contribution in [0.15, 0.2) is 35.3 Å². The summed E-state index contributed by atoms with van der Waals surface area (Å²) in [6.45, 7) is 0.634. The van der Waals surface area contributed by atoms with Crippen LogP contribution in [0.2, 0.25) is 5.02 Å². The smallest absolute Gasteiger partial charge is 0.274 e. The standard InChI is InChI=1S/C17H20ClN3O3/c18-13-10-19-11-20-16(13)17(23)21-7-3-1-2-5-12(21)9-14(22)15-6-4-8-24-15/h4,6,8,10-12,14,22H,1-3,5,7,9H2. The minimum Gasteiger partial charge on any atom is -0.467 e. The fourth-order valence-electron chi connectivity index (χ4n) is 3.15. The molecule has 2 aromatic heterocycles. The van der Waals surface area contributed by atoms with Crippen molar-refractivity contribution in [3.8, 4) is 0 Å². The van der Waals surface area contributed by atoms with E-state index in [1.54, 1.807) is 17.0 Å². The Morgan fingerprint density at radius 2 is 2.33 bits per heavy atom. The van der Waals surface area contributed by atoms with Crippen LogP contribution in [0.3, 0.4) is 0 Å². The van der Waals surface area contributed by atoms with Gasteiger partial charge in [-0.1, -0.05) is 24.4 Å². The maximum atomic E-state index is 12.9. The lowest BCUT2D eigenvalue weighted by Crippen LogP contribution is -2.41. The average molecular weight is 350 g/mol. The van der Waals surface area contributed by atoms with Crippen molar-refractivity contribution in [2.45, 2.75) is 44.2 Å². The molecule has 7 heteroatoms. The van der Waals surface area contributed by atoms with Gasteiger partial charge in [-0.15, -0.1) is 0 Å². The van der Waals surface area contributed by atoms with Gasteiger partial charge in [-0.05, 0) is 25.0 Å². The largest absolute Gasteiger partial charge is 0.467 e. The summed E-state index contributed by atoms with van der Waals surface area (Å²) in [6.07, 6.45) is 7.84. The van der Waals surface area contributed by atoms with E-state index in [1.807, 2.05) is 0 Å². The van der Waals surface area contributed by atoms with Crippen molar-refractivity contribution in [1.82, 2.24) is 14.9 Å². The highest BCUT2D eigenvalue weighted by Crippen LogP contribution is 2.28. The first-order valence-corrected chi connectivity index (χ1v) is 8.52. The van der Waals surface area contributed by atoms with Crippen molar-refractivity contribution < 1.29 is 14.3 Å². The summed E-state index contributed by atoms with van der Waals surface area (Å²) < 4.78 is 5.27. The van der Waals surface area contributed by atoms with Gasteiger partial charge >= 0.3 is 0 Å². The van der Waals surface area contributed by atoms with Crippen molar-refractivity contribution in [3.63, 3.8) is 0 Å². The molecule has 1 saturated heterocycles. The van der Waals surface area contributed by atoms with Gasteiger partial charge in [0.2, 0.25) is 0 Å². The van der Waals surface area contributed by atoms with Gasteiger partial charge in [-0.25, -0.2) is 9.97 Å². The number of rotatable bonds is 4. The van der Waals surface area contributed by atoms with Gasteiger partial charge in [-0.3, -0.25) is 4.79 Å². The van der Waals surface area contributed by atoms with E-state index in [1.165, 1.54) is 18.8 Å². The molecule has 0 bridgehead atoms. The number of aliphatic hydroxyl groups is 1. The Hall–Kier alpha value is -1.92. The molecule has 6 nitrogen and oxygen atoms in total. The molecule has 3 rings (SSSR count). The van der Waals surface area contributed by atoms with Gasteiger partial charge in [0, 0.05) is 25.2 Å². The second-order valence-electron chi connectivity index (χ2n) is 5.99. The van der Waals surface area contributed by atoms with Gasteiger partial charge in [0.25, 0.3) is 5.91 Å². The number of amides is 1. The summed E-state index contributed by atoms with van der Waals surface area (Å²) in [7, 11) is 0. The lowest BCUT2D eigenvalue weighted by Gasteiger charge is -2.31. The summed E-state index contributed by atoms with van der Waals surface area (Å²) in [5.41, 5.74) is 0.214. The number of nitrogens with zero attached hydrogens (tertiary/aromatic N) is 3. The van der Waals surface area contributed by atoms with Crippen molar-refractivity contribution >= 4 is 17.5 Å². The monoisotopic (exact) mass is 349 g/mol. The molecule has 1 amide bonds. The molecule has 128 valence electrons. The number of furan rings is 1. The summed E-state index contributed by atoms with van der Waals surface area (Å²) in [5.74, 6) is 0.313. The molecule has 1 aliphatic rings. The third kappa shape index (κ3) is 3.76. The fourth-order valence-corrected chi connectivity index (χ4v) is 3.34. The summed E-state index contributed by atoms with van der Waals surface area (Å²) >= 11 is 6.08. The Kier molecular flexibility index (Phi) is 5.48. The van der Waals surface area contributed by atoms with Crippen molar-refractivity contribution in [3.05, 3.63) is 47.4 Å². The Morgan fingerprint density at radius 3 is 3.08 bits per heavy atom. The minimum atomic E-state index is -0.737. The highest BCUT2D eigenvalue weighted by atomic mass is 35.5. The second kappa shape index (κ2) is 7.77. The normalized spacial score (nSPS) is 19.8. The Balaban J connectivity index is 1.80. The third-order valence-electron chi connectivity index (χ3n) is 4.38. The van der Waals surface area contributed by atoms with E-state index in [-0.39, 0.29) is 22.7 Å². The number of halogens is 1. The minimum absolute atomic E-state index is 0.0777. The Bertz CT molecular complexity index is 677. The van der Waals surface area contributed by atoms with E-state index < -0.39 is 6.10 Å². The van der Waals surface area contributed by atoms with Gasteiger partial charge in [0.15, 0.2) is 0 Å². The van der Waals surface area contributed by atoms with Gasteiger partial charge in [0.1, 0.15) is 23.9 Å². The first kappa shape index (κ1) is 16.9. The van der Waals surface area contributed by atoms with Gasteiger partial charge in [-0.2, -0.15) is 0 Å². The fraction of sp³-hybridized carbons (Fsp3) is 0.471. The van der Waals surface area contributed by atoms with Crippen LogP contribution in [0.4, 0.5) is 0 Å². The number of carbonyl (C=O) groups excluding carboxylic acids is 1. The first-order valence-electron chi connectivity index (χ1n) is 8.14. The topological polar surface area (TPSA) is 79.5 Å². The molecule has 0 radical (unpaired) electrons. The summed E-state index contributed by atoms with van der Waals surface area (Å²) in [6, 6.07) is 3.41. The van der Waals surface area contributed by atoms with Crippen molar-refractivity contribution in [1.29, 1.82) is 0 Å². The zero-order valence-electron chi connectivity index (χ0n) is 13.3. The second-order valence-corrected chi connectivity index (χ2v) is 6.40. The molecule has 1 N–H and O–H groups in total. The van der Waals surface area contributed by atoms with Crippen LogP contribution in [-0.2, 0) is 0 Å².